The van der Waals surface area contributed by atoms with Crippen LogP contribution >= 0.6 is 0 Å². The van der Waals surface area contributed by atoms with E-state index in [0.29, 0.717) is 0 Å². The topological polar surface area (TPSA) is 182 Å². The molecule has 0 aromatic heterocycles. The average molecular weight is 699 g/mol. The van der Waals surface area contributed by atoms with Crippen LogP contribution in [0.3, 0.4) is 0 Å². The van der Waals surface area contributed by atoms with Crippen LogP contribution in [-0.4, -0.2) is 140 Å². The molecule has 3 N–H and O–H groups in total. The third kappa shape index (κ3) is 8.22. The number of carbonyl (C=O) groups excluding carboxylic acids is 5. The van der Waals surface area contributed by atoms with Gasteiger partial charge in [-0.05, 0) is 54.1 Å². The molecule has 280 valence electrons. The molecule has 5 unspecified atom stereocenters. The third-order valence-electron chi connectivity index (χ3n) is 10.7. The van der Waals surface area contributed by atoms with Gasteiger partial charge in [0.15, 0.2) is 17.7 Å². The second kappa shape index (κ2) is 16.0. The lowest BCUT2D eigenvalue weighted by molar-refractivity contribution is -0.294. The van der Waals surface area contributed by atoms with Gasteiger partial charge in [-0.3, -0.25) is 19.2 Å². The number of amides is 3. The van der Waals surface area contributed by atoms with Crippen LogP contribution in [0.4, 0.5) is 4.79 Å². The minimum Gasteiger partial charge on any atom is -0.457 e. The lowest BCUT2D eigenvalue weighted by Gasteiger charge is -2.47. The molecule has 0 spiro atoms. The maximum absolute atomic E-state index is 14.2. The smallest absolute Gasteiger partial charge is 0.408 e. The van der Waals surface area contributed by atoms with Crippen molar-refractivity contribution in [3.05, 3.63) is 0 Å². The number of ether oxygens (including phenoxy) is 5. The Morgan fingerprint density at radius 2 is 1.67 bits per heavy atom. The first-order valence-corrected chi connectivity index (χ1v) is 17.2. The van der Waals surface area contributed by atoms with E-state index in [1.165, 1.54) is 18.9 Å². The van der Waals surface area contributed by atoms with Crippen molar-refractivity contribution in [1.82, 2.24) is 20.4 Å². The number of aliphatic hydroxyl groups is 1. The maximum atomic E-state index is 14.2. The highest BCUT2D eigenvalue weighted by molar-refractivity contribution is 6.00. The summed E-state index contributed by atoms with van der Waals surface area (Å²) in [6.45, 7) is 11.8. The highest BCUT2D eigenvalue weighted by atomic mass is 16.7. The van der Waals surface area contributed by atoms with Gasteiger partial charge in [0, 0.05) is 45.5 Å². The number of nitrogens with one attached hydrogen (secondary N) is 2. The summed E-state index contributed by atoms with van der Waals surface area (Å²) >= 11 is 0. The second-order valence-electron chi connectivity index (χ2n) is 14.5. The van der Waals surface area contributed by atoms with Crippen molar-refractivity contribution >= 4 is 29.7 Å². The number of cyclic esters (lactones) is 1. The van der Waals surface area contributed by atoms with Crippen molar-refractivity contribution in [2.24, 2.45) is 17.8 Å². The second-order valence-corrected chi connectivity index (χ2v) is 14.5. The molecule has 13 atom stereocenters. The number of fused-ring (bicyclic) bond motifs is 1. The third-order valence-corrected chi connectivity index (χ3v) is 10.7. The molecule has 3 heterocycles. The number of methoxy groups -OCH3 is 1. The molecule has 3 aliphatic heterocycles. The minimum absolute atomic E-state index is 0.0488. The highest BCUT2D eigenvalue weighted by Crippen LogP contribution is 2.39. The molecule has 0 radical (unpaired) electrons. The molecule has 0 saturated carbocycles. The van der Waals surface area contributed by atoms with E-state index in [-0.39, 0.29) is 37.5 Å². The van der Waals surface area contributed by atoms with Gasteiger partial charge in [0.05, 0.1) is 23.8 Å². The van der Waals surface area contributed by atoms with Crippen LogP contribution in [0.1, 0.15) is 74.1 Å². The number of rotatable bonds is 7. The molecule has 3 saturated heterocycles. The molecule has 3 aliphatic rings. The van der Waals surface area contributed by atoms with E-state index >= 15 is 0 Å². The average Bonchev–Trinajstić information content (AvgIpc) is 3.41. The predicted octanol–water partition coefficient (Wildman–Crippen LogP) is 1.24. The van der Waals surface area contributed by atoms with Crippen molar-refractivity contribution in [2.45, 2.75) is 134 Å². The first-order chi connectivity index (χ1) is 22.8. The van der Waals surface area contributed by atoms with E-state index in [1.807, 2.05) is 0 Å². The highest BCUT2D eigenvalue weighted by Gasteiger charge is 2.58. The van der Waals surface area contributed by atoms with E-state index in [2.05, 4.69) is 10.6 Å². The molecule has 0 aromatic carbocycles. The zero-order chi connectivity index (χ0) is 37.2. The summed E-state index contributed by atoms with van der Waals surface area (Å²) in [5.74, 6) is -5.04. The van der Waals surface area contributed by atoms with E-state index in [4.69, 9.17) is 23.7 Å². The number of Topliss-reactive ketones (excluding diaryl/α,β-unsaturated/α-hetero) is 1. The fraction of sp³-hybridized carbons (Fsp3) is 0.853. The van der Waals surface area contributed by atoms with Gasteiger partial charge < -0.3 is 49.2 Å². The number of carbonyl (C=O) groups is 5. The number of likely N-dealkylation sites (N-methyl/N-ethyl adjacent to an activating group) is 2. The van der Waals surface area contributed by atoms with Crippen molar-refractivity contribution < 1.29 is 52.8 Å². The Kier molecular flexibility index (Phi) is 13.3. The van der Waals surface area contributed by atoms with Gasteiger partial charge in [0.1, 0.15) is 24.2 Å². The number of nitrogens with zero attached hydrogens (tertiary/aromatic N) is 2. The molecule has 0 aliphatic carbocycles. The number of esters is 1. The van der Waals surface area contributed by atoms with Crippen molar-refractivity contribution in [3.8, 4) is 0 Å². The molecule has 0 bridgehead atoms. The summed E-state index contributed by atoms with van der Waals surface area (Å²) < 4.78 is 30.4. The molecule has 3 rings (SSSR count). The number of ketones is 1. The quantitative estimate of drug-likeness (QED) is 0.256. The van der Waals surface area contributed by atoms with Gasteiger partial charge in [-0.15, -0.1) is 0 Å². The largest absolute Gasteiger partial charge is 0.457 e. The van der Waals surface area contributed by atoms with Gasteiger partial charge in [0.2, 0.25) is 5.91 Å². The van der Waals surface area contributed by atoms with Crippen LogP contribution in [0.2, 0.25) is 0 Å². The van der Waals surface area contributed by atoms with Crippen LogP contribution in [0.15, 0.2) is 0 Å². The van der Waals surface area contributed by atoms with Crippen LogP contribution < -0.4 is 10.6 Å². The Morgan fingerprint density at radius 3 is 2.20 bits per heavy atom. The van der Waals surface area contributed by atoms with Gasteiger partial charge in [-0.2, -0.15) is 0 Å². The van der Waals surface area contributed by atoms with Gasteiger partial charge in [-0.1, -0.05) is 27.7 Å². The van der Waals surface area contributed by atoms with Crippen LogP contribution in [0.5, 0.6) is 0 Å². The van der Waals surface area contributed by atoms with Crippen LogP contribution in [0.25, 0.3) is 0 Å². The van der Waals surface area contributed by atoms with E-state index in [0.717, 1.165) is 0 Å². The summed E-state index contributed by atoms with van der Waals surface area (Å²) in [5, 5.41) is 17.3. The Bertz CT molecular complexity index is 1230. The minimum atomic E-state index is -1.37. The zero-order valence-electron chi connectivity index (χ0n) is 31.1. The fourth-order valence-corrected chi connectivity index (χ4v) is 7.59. The summed E-state index contributed by atoms with van der Waals surface area (Å²) in [5.41, 5.74) is -2.66. The van der Waals surface area contributed by atoms with E-state index in [1.54, 1.807) is 74.6 Å². The SMILES string of the molecule is CC[C@H]1OC(=O)C(C)C(=O)[C@H](C)[C@@H](OC2OC(C(=O)N(C)C)CC(N(C)C)C2O)[C@](C)(OC)C[C@@H](C)C(=O)N[C@H](C)[C@H]2NC(=O)O[C@@]21CC. The Hall–Kier alpha value is -2.85. The van der Waals surface area contributed by atoms with Crippen molar-refractivity contribution in [2.75, 3.05) is 35.3 Å². The summed E-state index contributed by atoms with van der Waals surface area (Å²) in [4.78, 5) is 70.5. The summed E-state index contributed by atoms with van der Waals surface area (Å²) in [6.07, 6.45) is -5.55. The monoisotopic (exact) mass is 698 g/mol. The first kappa shape index (κ1) is 40.6. The predicted molar refractivity (Wildman–Crippen MR) is 177 cm³/mol. The van der Waals surface area contributed by atoms with E-state index < -0.39 is 95.6 Å². The number of hydrogen-bond donors (Lipinski definition) is 3. The Morgan fingerprint density at radius 1 is 1.04 bits per heavy atom. The lowest BCUT2D eigenvalue weighted by Crippen LogP contribution is -2.62. The standard InChI is InChI=1S/C34H58N4O11/c1-13-23-34(14-2)26(36-32(44)49-34)20(6)35-28(41)17(3)16-33(7,45-12)27(18(4)24(39)19(5)30(43)47-23)48-31-25(40)21(37(8)9)15-22(46-31)29(42)38(10)11/h17-23,25-27,31,40H,13-16H2,1-12H3,(H,35,41)(H,36,44)/t17-,18+,19?,20-,21?,22?,23-,25?,26-,27-,31?,33-,34-/m1/s1. The molecule has 15 nitrogen and oxygen atoms in total. The molecule has 49 heavy (non-hydrogen) atoms. The lowest BCUT2D eigenvalue weighted by atomic mass is 9.78. The summed E-state index contributed by atoms with van der Waals surface area (Å²) in [7, 11) is 8.18. The maximum Gasteiger partial charge on any atom is 0.408 e. The normalized spacial score (nSPS) is 41.1. The molecule has 3 amide bonds. The van der Waals surface area contributed by atoms with Crippen LogP contribution in [-0.2, 0) is 42.9 Å². The number of hydrogen-bond acceptors (Lipinski definition) is 12. The van der Waals surface area contributed by atoms with Gasteiger partial charge in [-0.25, -0.2) is 4.79 Å². The van der Waals surface area contributed by atoms with Crippen molar-refractivity contribution in [1.29, 1.82) is 0 Å². The molecular formula is C34H58N4O11. The zero-order valence-corrected chi connectivity index (χ0v) is 31.1. The summed E-state index contributed by atoms with van der Waals surface area (Å²) in [6, 6.07) is -1.92. The fourth-order valence-electron chi connectivity index (χ4n) is 7.59. The Balaban J connectivity index is 2.11. The van der Waals surface area contributed by atoms with Crippen LogP contribution in [0, 0.1) is 17.8 Å². The first-order valence-electron chi connectivity index (χ1n) is 17.2. The Labute approximate surface area is 290 Å². The van der Waals surface area contributed by atoms with Crippen molar-refractivity contribution in [3.63, 3.8) is 0 Å². The molecule has 3 fully saturated rings. The number of aliphatic hydroxyl groups excluding tert-OH is 1. The molecular weight excluding hydrogens is 640 g/mol. The van der Waals surface area contributed by atoms with Gasteiger partial charge in [0.25, 0.3) is 5.91 Å². The molecule has 15 heteroatoms. The van der Waals surface area contributed by atoms with Gasteiger partial charge >= 0.3 is 12.1 Å². The van der Waals surface area contributed by atoms with E-state index in [9.17, 15) is 29.1 Å². The number of alkyl carbamates (subject to hydrolysis) is 1. The molecule has 0 aromatic rings.